The minimum absolute atomic E-state index is 0.0444. The molecule has 20 heavy (non-hydrogen) atoms. The van der Waals surface area contributed by atoms with Crippen molar-refractivity contribution in [3.05, 3.63) is 57.9 Å². The Balaban J connectivity index is 2.14. The summed E-state index contributed by atoms with van der Waals surface area (Å²) in [4.78, 5) is 10.8. The number of rotatable bonds is 5. The lowest BCUT2D eigenvalue weighted by molar-refractivity contribution is 0.282. The molecule has 0 bridgehead atoms. The summed E-state index contributed by atoms with van der Waals surface area (Å²) in [5.41, 5.74) is 0.775. The molecule has 1 aromatic heterocycles. The molecule has 2 rings (SSSR count). The predicted molar refractivity (Wildman–Crippen MR) is 73.5 cm³/mol. The Bertz CT molecular complexity index is 735. The molecule has 3 N–H and O–H groups in total. The highest BCUT2D eigenvalue weighted by Crippen LogP contribution is 2.11. The van der Waals surface area contributed by atoms with Crippen molar-refractivity contribution in [1.29, 1.82) is 0 Å². The second-order valence-corrected chi connectivity index (χ2v) is 5.87. The van der Waals surface area contributed by atoms with Crippen molar-refractivity contribution < 1.29 is 13.5 Å². The van der Waals surface area contributed by atoms with Gasteiger partial charge in [0.05, 0.1) is 12.4 Å². The quantitative estimate of drug-likeness (QED) is 0.729. The van der Waals surface area contributed by atoms with E-state index in [-0.39, 0.29) is 18.2 Å². The summed E-state index contributed by atoms with van der Waals surface area (Å²) < 4.78 is 26.2. The lowest BCUT2D eigenvalue weighted by atomic mass is 10.1. The van der Waals surface area contributed by atoms with Crippen LogP contribution in [0, 0.1) is 0 Å². The summed E-state index contributed by atoms with van der Waals surface area (Å²) >= 11 is 0. The van der Waals surface area contributed by atoms with Crippen LogP contribution in [0.2, 0.25) is 0 Å². The summed E-state index contributed by atoms with van der Waals surface area (Å²) in [6.07, 6.45) is 0. The summed E-state index contributed by atoms with van der Waals surface area (Å²) in [6.45, 7) is -0.150. The fraction of sp³-hybridized carbons (Fsp3) is 0.167. The van der Waals surface area contributed by atoms with E-state index in [4.69, 9.17) is 5.11 Å². The van der Waals surface area contributed by atoms with E-state index < -0.39 is 15.6 Å². The highest BCUT2D eigenvalue weighted by Gasteiger charge is 2.12. The number of aliphatic hydroxyl groups is 1. The molecule has 0 amide bonds. The smallest absolute Gasteiger partial charge is 0.264 e. The third-order valence-electron chi connectivity index (χ3n) is 2.47. The number of hydrogen-bond acceptors (Lipinski definition) is 5. The largest absolute Gasteiger partial charge is 0.392 e. The Morgan fingerprint density at radius 1 is 1.20 bits per heavy atom. The minimum Gasteiger partial charge on any atom is -0.392 e. The van der Waals surface area contributed by atoms with E-state index in [0.717, 1.165) is 0 Å². The Morgan fingerprint density at radius 2 is 1.95 bits per heavy atom. The van der Waals surface area contributed by atoms with Gasteiger partial charge in [-0.1, -0.05) is 24.3 Å². The third kappa shape index (κ3) is 3.90. The molecular weight excluding hydrogens is 282 g/mol. The van der Waals surface area contributed by atoms with Gasteiger partial charge in [0.15, 0.2) is 5.82 Å². The number of anilines is 1. The SMILES string of the molecule is O=c1ccc(NS(=O)(=O)Cc2cccc(CO)c2)n[nH]1. The zero-order chi connectivity index (χ0) is 14.6. The first kappa shape index (κ1) is 14.2. The van der Waals surface area contributed by atoms with E-state index in [1.165, 1.54) is 12.1 Å². The maximum atomic E-state index is 11.9. The van der Waals surface area contributed by atoms with Gasteiger partial charge < -0.3 is 5.11 Å². The molecule has 106 valence electrons. The van der Waals surface area contributed by atoms with Crippen LogP contribution in [0.5, 0.6) is 0 Å². The van der Waals surface area contributed by atoms with Crippen LogP contribution in [0.25, 0.3) is 0 Å². The summed E-state index contributed by atoms with van der Waals surface area (Å²) in [5.74, 6) is -0.204. The molecule has 0 saturated heterocycles. The van der Waals surface area contributed by atoms with Gasteiger partial charge in [0.2, 0.25) is 10.0 Å². The molecule has 0 saturated carbocycles. The molecule has 1 heterocycles. The Kier molecular flexibility index (Phi) is 4.16. The van der Waals surface area contributed by atoms with Gasteiger partial charge in [-0.3, -0.25) is 9.52 Å². The van der Waals surface area contributed by atoms with Crippen LogP contribution in [0.1, 0.15) is 11.1 Å². The zero-order valence-corrected chi connectivity index (χ0v) is 11.2. The van der Waals surface area contributed by atoms with Gasteiger partial charge in [0.25, 0.3) is 5.56 Å². The van der Waals surface area contributed by atoms with Gasteiger partial charge >= 0.3 is 0 Å². The molecule has 2 aromatic rings. The third-order valence-corrected chi connectivity index (χ3v) is 3.70. The average molecular weight is 295 g/mol. The topological polar surface area (TPSA) is 112 Å². The van der Waals surface area contributed by atoms with Crippen LogP contribution in [-0.2, 0) is 22.4 Å². The van der Waals surface area contributed by atoms with Crippen LogP contribution in [-0.4, -0.2) is 23.7 Å². The van der Waals surface area contributed by atoms with Gasteiger partial charge in [0.1, 0.15) is 0 Å². The first-order valence-electron chi connectivity index (χ1n) is 5.73. The van der Waals surface area contributed by atoms with E-state index in [2.05, 4.69) is 14.9 Å². The molecule has 8 heteroatoms. The standard InChI is InChI=1S/C12H13N3O4S/c16-7-9-2-1-3-10(6-9)8-20(18,19)15-11-4-5-12(17)14-13-11/h1-6,16H,7-8H2,(H,13,15)(H,14,17). The lowest BCUT2D eigenvalue weighted by Crippen LogP contribution is -2.18. The number of nitrogens with zero attached hydrogens (tertiary/aromatic N) is 1. The van der Waals surface area contributed by atoms with Crippen molar-refractivity contribution in [1.82, 2.24) is 10.2 Å². The molecule has 0 aliphatic heterocycles. The molecular formula is C12H13N3O4S. The fourth-order valence-electron chi connectivity index (χ4n) is 1.63. The van der Waals surface area contributed by atoms with E-state index in [0.29, 0.717) is 11.1 Å². The molecule has 0 atom stereocenters. The Hall–Kier alpha value is -2.19. The fourth-order valence-corrected chi connectivity index (χ4v) is 2.76. The molecule has 0 radical (unpaired) electrons. The summed E-state index contributed by atoms with van der Waals surface area (Å²) in [7, 11) is -3.64. The molecule has 7 nitrogen and oxygen atoms in total. The number of nitrogens with one attached hydrogen (secondary N) is 2. The van der Waals surface area contributed by atoms with Gasteiger partial charge in [-0.05, 0) is 17.2 Å². The zero-order valence-electron chi connectivity index (χ0n) is 10.4. The van der Waals surface area contributed by atoms with Crippen molar-refractivity contribution in [2.75, 3.05) is 4.72 Å². The van der Waals surface area contributed by atoms with Gasteiger partial charge in [-0.2, -0.15) is 5.10 Å². The predicted octanol–water partition coefficient (Wildman–Crippen LogP) is 0.204. The van der Waals surface area contributed by atoms with Crippen molar-refractivity contribution in [2.24, 2.45) is 0 Å². The number of hydrogen-bond donors (Lipinski definition) is 3. The average Bonchev–Trinajstić information content (AvgIpc) is 2.41. The number of sulfonamides is 1. The number of benzene rings is 1. The van der Waals surface area contributed by atoms with Crippen LogP contribution in [0.15, 0.2) is 41.2 Å². The van der Waals surface area contributed by atoms with E-state index >= 15 is 0 Å². The van der Waals surface area contributed by atoms with Crippen LogP contribution in [0.4, 0.5) is 5.82 Å². The van der Waals surface area contributed by atoms with Crippen molar-refractivity contribution in [3.8, 4) is 0 Å². The molecule has 0 fully saturated rings. The van der Waals surface area contributed by atoms with E-state index in [9.17, 15) is 13.2 Å². The Labute approximate surface area is 115 Å². The highest BCUT2D eigenvalue weighted by molar-refractivity contribution is 7.91. The van der Waals surface area contributed by atoms with E-state index in [1.807, 2.05) is 0 Å². The molecule has 0 spiro atoms. The van der Waals surface area contributed by atoms with Gasteiger partial charge in [-0.15, -0.1) is 0 Å². The van der Waals surface area contributed by atoms with E-state index in [1.54, 1.807) is 24.3 Å². The van der Waals surface area contributed by atoms with Crippen molar-refractivity contribution in [2.45, 2.75) is 12.4 Å². The van der Waals surface area contributed by atoms with Crippen LogP contribution < -0.4 is 10.3 Å². The number of aromatic amines is 1. The molecule has 0 aliphatic rings. The lowest BCUT2D eigenvalue weighted by Gasteiger charge is -2.07. The Morgan fingerprint density at radius 3 is 2.60 bits per heavy atom. The van der Waals surface area contributed by atoms with Crippen molar-refractivity contribution in [3.63, 3.8) is 0 Å². The second-order valence-electron chi connectivity index (χ2n) is 4.15. The number of H-pyrrole nitrogens is 1. The molecule has 0 aliphatic carbocycles. The summed E-state index contributed by atoms with van der Waals surface area (Å²) in [5, 5.41) is 14.7. The number of aliphatic hydroxyl groups excluding tert-OH is 1. The number of aromatic nitrogens is 2. The summed E-state index contributed by atoms with van der Waals surface area (Å²) in [6, 6.07) is 9.09. The maximum Gasteiger partial charge on any atom is 0.264 e. The normalized spacial score (nSPS) is 11.2. The van der Waals surface area contributed by atoms with Crippen LogP contribution >= 0.6 is 0 Å². The first-order chi connectivity index (χ1) is 9.48. The first-order valence-corrected chi connectivity index (χ1v) is 7.39. The molecule has 0 unspecified atom stereocenters. The second kappa shape index (κ2) is 5.85. The van der Waals surface area contributed by atoms with Crippen molar-refractivity contribution >= 4 is 15.8 Å². The van der Waals surface area contributed by atoms with Gasteiger partial charge in [-0.25, -0.2) is 13.5 Å². The maximum absolute atomic E-state index is 11.9. The minimum atomic E-state index is -3.64. The molecule has 1 aromatic carbocycles. The highest BCUT2D eigenvalue weighted by atomic mass is 32.2. The monoisotopic (exact) mass is 295 g/mol. The van der Waals surface area contributed by atoms with Crippen LogP contribution in [0.3, 0.4) is 0 Å². The van der Waals surface area contributed by atoms with Gasteiger partial charge in [0, 0.05) is 6.07 Å².